The molecule has 4 heteroatoms. The summed E-state index contributed by atoms with van der Waals surface area (Å²) in [5.41, 5.74) is 2.05. The van der Waals surface area contributed by atoms with Crippen molar-refractivity contribution in [3.63, 3.8) is 0 Å². The number of nitrogens with zero attached hydrogens (tertiary/aromatic N) is 2. The number of hydrogen-bond acceptors (Lipinski definition) is 3. The summed E-state index contributed by atoms with van der Waals surface area (Å²) in [6.07, 6.45) is 3.98. The quantitative estimate of drug-likeness (QED) is 0.904. The Balaban J connectivity index is 2.11. The maximum atomic E-state index is 9.44. The van der Waals surface area contributed by atoms with Crippen molar-refractivity contribution in [3.05, 3.63) is 35.5 Å². The number of pyridine rings is 1. The first-order chi connectivity index (χ1) is 8.79. The van der Waals surface area contributed by atoms with Gasteiger partial charge in [0.15, 0.2) is 0 Å². The van der Waals surface area contributed by atoms with E-state index in [0.29, 0.717) is 5.02 Å². The number of anilines is 1. The Kier molecular flexibility index (Phi) is 3.10. The number of aliphatic hydroxyl groups is 1. The highest BCUT2D eigenvalue weighted by Crippen LogP contribution is 2.32. The van der Waals surface area contributed by atoms with E-state index in [1.54, 1.807) is 6.20 Å². The highest BCUT2D eigenvalue weighted by atomic mass is 35.5. The van der Waals surface area contributed by atoms with E-state index in [1.165, 1.54) is 0 Å². The van der Waals surface area contributed by atoms with E-state index in [2.05, 4.69) is 9.88 Å². The van der Waals surface area contributed by atoms with E-state index < -0.39 is 0 Å². The maximum Gasteiger partial charge on any atom is 0.0737 e. The van der Waals surface area contributed by atoms with E-state index in [0.717, 1.165) is 36.0 Å². The molecule has 2 aromatic rings. The van der Waals surface area contributed by atoms with E-state index in [1.807, 2.05) is 24.3 Å². The molecule has 0 radical (unpaired) electrons. The zero-order valence-corrected chi connectivity index (χ0v) is 10.8. The number of hydrogen-bond donors (Lipinski definition) is 1. The average Bonchev–Trinajstić information content (AvgIpc) is 2.85. The molecule has 1 unspecified atom stereocenters. The molecule has 1 aliphatic rings. The van der Waals surface area contributed by atoms with Gasteiger partial charge in [0, 0.05) is 28.8 Å². The third-order valence-electron chi connectivity index (χ3n) is 3.58. The molecular formula is C14H15ClN2O. The third-order valence-corrected chi connectivity index (χ3v) is 3.81. The molecule has 94 valence electrons. The van der Waals surface area contributed by atoms with Crippen molar-refractivity contribution < 1.29 is 5.11 Å². The third kappa shape index (κ3) is 1.93. The maximum absolute atomic E-state index is 9.44. The number of fused-ring (bicyclic) bond motifs is 1. The molecule has 0 aliphatic carbocycles. The van der Waals surface area contributed by atoms with Crippen molar-refractivity contribution in [1.82, 2.24) is 4.98 Å². The van der Waals surface area contributed by atoms with Gasteiger partial charge in [-0.2, -0.15) is 0 Å². The van der Waals surface area contributed by atoms with E-state index in [4.69, 9.17) is 11.6 Å². The second kappa shape index (κ2) is 4.75. The van der Waals surface area contributed by atoms with Crippen molar-refractivity contribution in [2.24, 2.45) is 0 Å². The minimum Gasteiger partial charge on any atom is -0.394 e. The summed E-state index contributed by atoms with van der Waals surface area (Å²) in [5.74, 6) is 0. The summed E-state index contributed by atoms with van der Waals surface area (Å²) in [5, 5.41) is 11.2. The number of aromatic nitrogens is 1. The van der Waals surface area contributed by atoms with Crippen LogP contribution < -0.4 is 4.90 Å². The SMILES string of the molecule is OCC1CCCN1c1ccnc2cc(Cl)ccc12. The first-order valence-electron chi connectivity index (χ1n) is 6.21. The van der Waals surface area contributed by atoms with Gasteiger partial charge in [0.05, 0.1) is 18.2 Å². The van der Waals surface area contributed by atoms with Crippen molar-refractivity contribution in [2.75, 3.05) is 18.1 Å². The molecule has 0 amide bonds. The lowest BCUT2D eigenvalue weighted by Gasteiger charge is -2.26. The number of benzene rings is 1. The van der Waals surface area contributed by atoms with Crippen LogP contribution in [0, 0.1) is 0 Å². The molecule has 1 fully saturated rings. The molecule has 2 heterocycles. The standard InChI is InChI=1S/C14H15ClN2O/c15-10-3-4-12-13(8-10)16-6-5-14(12)17-7-1-2-11(17)9-18/h3-6,8,11,18H,1-2,7,9H2. The molecular weight excluding hydrogens is 248 g/mol. The minimum absolute atomic E-state index is 0.206. The molecule has 1 atom stereocenters. The van der Waals surface area contributed by atoms with Crippen LogP contribution in [0.25, 0.3) is 10.9 Å². The van der Waals surface area contributed by atoms with Gasteiger partial charge in [0.25, 0.3) is 0 Å². The van der Waals surface area contributed by atoms with Gasteiger partial charge in [-0.25, -0.2) is 0 Å². The van der Waals surface area contributed by atoms with Crippen LogP contribution in [0.2, 0.25) is 5.02 Å². The molecule has 18 heavy (non-hydrogen) atoms. The van der Waals surface area contributed by atoms with Crippen LogP contribution in [-0.2, 0) is 0 Å². The minimum atomic E-state index is 0.206. The molecule has 1 aromatic carbocycles. The van der Waals surface area contributed by atoms with Crippen LogP contribution in [0.15, 0.2) is 30.5 Å². The lowest BCUT2D eigenvalue weighted by atomic mass is 10.1. The molecule has 1 aliphatic heterocycles. The summed E-state index contributed by atoms with van der Waals surface area (Å²) in [6, 6.07) is 8.02. The predicted molar refractivity (Wildman–Crippen MR) is 74.2 cm³/mol. The van der Waals surface area contributed by atoms with Crippen molar-refractivity contribution in [2.45, 2.75) is 18.9 Å². The van der Waals surface area contributed by atoms with Crippen LogP contribution in [0.4, 0.5) is 5.69 Å². The second-order valence-electron chi connectivity index (χ2n) is 4.66. The molecule has 0 bridgehead atoms. The predicted octanol–water partition coefficient (Wildman–Crippen LogP) is 2.85. The molecule has 0 spiro atoms. The fourth-order valence-electron chi connectivity index (χ4n) is 2.70. The Morgan fingerprint density at radius 2 is 2.28 bits per heavy atom. The van der Waals surface area contributed by atoms with Crippen LogP contribution in [0.3, 0.4) is 0 Å². The van der Waals surface area contributed by atoms with Crippen LogP contribution in [0.1, 0.15) is 12.8 Å². The zero-order chi connectivity index (χ0) is 12.5. The largest absolute Gasteiger partial charge is 0.394 e. The van der Waals surface area contributed by atoms with Crippen LogP contribution in [0.5, 0.6) is 0 Å². The molecule has 1 aromatic heterocycles. The normalized spacial score (nSPS) is 19.7. The van der Waals surface area contributed by atoms with E-state index in [9.17, 15) is 5.11 Å². The van der Waals surface area contributed by atoms with Crippen molar-refractivity contribution in [3.8, 4) is 0 Å². The number of halogens is 1. The van der Waals surface area contributed by atoms with Crippen LogP contribution >= 0.6 is 11.6 Å². The van der Waals surface area contributed by atoms with Gasteiger partial charge in [0.1, 0.15) is 0 Å². The molecule has 3 nitrogen and oxygen atoms in total. The van der Waals surface area contributed by atoms with Gasteiger partial charge in [-0.3, -0.25) is 4.98 Å². The first kappa shape index (κ1) is 11.8. The summed E-state index contributed by atoms with van der Waals surface area (Å²) in [6.45, 7) is 1.20. The molecule has 0 saturated carbocycles. The lowest BCUT2D eigenvalue weighted by molar-refractivity contribution is 0.266. The first-order valence-corrected chi connectivity index (χ1v) is 6.59. The monoisotopic (exact) mass is 262 g/mol. The Bertz CT molecular complexity index is 573. The van der Waals surface area contributed by atoms with Gasteiger partial charge in [0.2, 0.25) is 0 Å². The Morgan fingerprint density at radius 1 is 1.39 bits per heavy atom. The summed E-state index contributed by atoms with van der Waals surface area (Å²) < 4.78 is 0. The Hall–Kier alpha value is -1.32. The Morgan fingerprint density at radius 3 is 3.11 bits per heavy atom. The summed E-state index contributed by atoms with van der Waals surface area (Å²) >= 11 is 5.99. The van der Waals surface area contributed by atoms with Gasteiger partial charge >= 0.3 is 0 Å². The number of rotatable bonds is 2. The van der Waals surface area contributed by atoms with Gasteiger partial charge in [-0.15, -0.1) is 0 Å². The average molecular weight is 263 g/mol. The van der Waals surface area contributed by atoms with Gasteiger partial charge in [-0.1, -0.05) is 11.6 Å². The lowest BCUT2D eigenvalue weighted by Crippen LogP contribution is -2.32. The summed E-state index contributed by atoms with van der Waals surface area (Å²) in [7, 11) is 0. The smallest absolute Gasteiger partial charge is 0.0737 e. The van der Waals surface area contributed by atoms with Gasteiger partial charge in [-0.05, 0) is 37.1 Å². The van der Waals surface area contributed by atoms with E-state index >= 15 is 0 Å². The van der Waals surface area contributed by atoms with Gasteiger partial charge < -0.3 is 10.0 Å². The highest BCUT2D eigenvalue weighted by molar-refractivity contribution is 6.31. The van der Waals surface area contributed by atoms with E-state index in [-0.39, 0.29) is 12.6 Å². The van der Waals surface area contributed by atoms with Crippen molar-refractivity contribution in [1.29, 1.82) is 0 Å². The topological polar surface area (TPSA) is 36.4 Å². The number of aliphatic hydroxyl groups excluding tert-OH is 1. The van der Waals surface area contributed by atoms with Crippen LogP contribution in [-0.4, -0.2) is 29.3 Å². The zero-order valence-electron chi connectivity index (χ0n) is 10.0. The van der Waals surface area contributed by atoms with Crippen molar-refractivity contribution >= 4 is 28.2 Å². The second-order valence-corrected chi connectivity index (χ2v) is 5.10. The Labute approximate surface area is 111 Å². The fraction of sp³-hybridized carbons (Fsp3) is 0.357. The fourth-order valence-corrected chi connectivity index (χ4v) is 2.87. The molecule has 1 saturated heterocycles. The summed E-state index contributed by atoms with van der Waals surface area (Å²) in [4.78, 5) is 6.63. The highest BCUT2D eigenvalue weighted by Gasteiger charge is 2.25. The molecule has 1 N–H and O–H groups in total. The molecule has 3 rings (SSSR count).